The maximum atomic E-state index is 9.99. The summed E-state index contributed by atoms with van der Waals surface area (Å²) in [4.78, 5) is 2.22. The first-order valence-electron chi connectivity index (χ1n) is 6.18. The fraction of sp³-hybridized carbons (Fsp3) is 0.357. The van der Waals surface area contributed by atoms with Crippen LogP contribution < -0.4 is 4.90 Å². The van der Waals surface area contributed by atoms with Crippen LogP contribution in [0.5, 0.6) is 0 Å². The summed E-state index contributed by atoms with van der Waals surface area (Å²) < 4.78 is 5.25. The molecule has 0 amide bonds. The number of aromatic nitrogens is 1. The Kier molecular flexibility index (Phi) is 2.80. The number of fused-ring (bicyclic) bond motifs is 1. The standard InChI is InChI=1S/C14H16N2O2/c1-10-8-11(18-15-10)9-16-7-6-14(17)12-4-2-3-5-13(12)16/h2-5,8,14,17H,6-7,9H2,1H3. The van der Waals surface area contributed by atoms with E-state index in [1.54, 1.807) is 0 Å². The molecule has 0 radical (unpaired) electrons. The molecule has 2 aromatic rings. The van der Waals surface area contributed by atoms with Crippen LogP contribution in [0.4, 0.5) is 5.69 Å². The molecule has 4 nitrogen and oxygen atoms in total. The zero-order valence-electron chi connectivity index (χ0n) is 10.3. The van der Waals surface area contributed by atoms with Crippen LogP contribution in [0.1, 0.15) is 29.5 Å². The topological polar surface area (TPSA) is 49.5 Å². The molecule has 0 saturated heterocycles. The molecule has 3 rings (SSSR count). The highest BCUT2D eigenvalue weighted by Crippen LogP contribution is 2.34. The van der Waals surface area contributed by atoms with Gasteiger partial charge in [-0.1, -0.05) is 23.4 Å². The molecule has 1 atom stereocenters. The number of hydrogen-bond donors (Lipinski definition) is 1. The third-order valence-corrected chi connectivity index (χ3v) is 3.33. The lowest BCUT2D eigenvalue weighted by Gasteiger charge is -2.33. The van der Waals surface area contributed by atoms with Gasteiger partial charge in [0, 0.05) is 23.9 Å². The van der Waals surface area contributed by atoms with Gasteiger partial charge in [-0.3, -0.25) is 0 Å². The van der Waals surface area contributed by atoms with Crippen LogP contribution in [0.2, 0.25) is 0 Å². The Bertz CT molecular complexity index is 550. The smallest absolute Gasteiger partial charge is 0.156 e. The Hall–Kier alpha value is -1.81. The first-order chi connectivity index (χ1) is 8.74. The maximum Gasteiger partial charge on any atom is 0.156 e. The predicted molar refractivity (Wildman–Crippen MR) is 68.3 cm³/mol. The summed E-state index contributed by atoms with van der Waals surface area (Å²) in [6.45, 7) is 3.45. The summed E-state index contributed by atoms with van der Waals surface area (Å²) in [5.41, 5.74) is 2.99. The lowest BCUT2D eigenvalue weighted by molar-refractivity contribution is 0.163. The van der Waals surface area contributed by atoms with Crippen LogP contribution in [0.15, 0.2) is 34.9 Å². The second kappa shape index (κ2) is 4.46. The number of nitrogens with zero attached hydrogens (tertiary/aromatic N) is 2. The van der Waals surface area contributed by atoms with Gasteiger partial charge in [0.05, 0.1) is 18.3 Å². The second-order valence-corrected chi connectivity index (χ2v) is 4.72. The van der Waals surface area contributed by atoms with Gasteiger partial charge < -0.3 is 14.5 Å². The van der Waals surface area contributed by atoms with E-state index in [-0.39, 0.29) is 6.10 Å². The normalized spacial score (nSPS) is 18.8. The minimum Gasteiger partial charge on any atom is -0.388 e. The molecule has 1 aliphatic heterocycles. The molecule has 0 aliphatic carbocycles. The van der Waals surface area contributed by atoms with E-state index < -0.39 is 0 Å². The lowest BCUT2D eigenvalue weighted by Crippen LogP contribution is -2.30. The van der Waals surface area contributed by atoms with Gasteiger partial charge in [0.15, 0.2) is 5.76 Å². The molecule has 0 spiro atoms. The summed E-state index contributed by atoms with van der Waals surface area (Å²) in [6.07, 6.45) is 0.401. The Balaban J connectivity index is 1.88. The molecule has 2 heterocycles. The maximum absolute atomic E-state index is 9.99. The van der Waals surface area contributed by atoms with Crippen LogP contribution in [-0.2, 0) is 6.54 Å². The van der Waals surface area contributed by atoms with E-state index in [1.807, 2.05) is 37.3 Å². The number of aliphatic hydroxyl groups excluding tert-OH is 1. The molecule has 1 aromatic carbocycles. The first-order valence-corrected chi connectivity index (χ1v) is 6.18. The Morgan fingerprint density at radius 3 is 3.06 bits per heavy atom. The SMILES string of the molecule is Cc1cc(CN2CCC(O)c3ccccc32)on1. The summed E-state index contributed by atoms with van der Waals surface area (Å²) in [7, 11) is 0. The summed E-state index contributed by atoms with van der Waals surface area (Å²) in [5.74, 6) is 0.860. The average molecular weight is 244 g/mol. The fourth-order valence-corrected chi connectivity index (χ4v) is 2.45. The van der Waals surface area contributed by atoms with Crippen molar-refractivity contribution in [3.8, 4) is 0 Å². The molecule has 0 saturated carbocycles. The molecule has 1 unspecified atom stereocenters. The zero-order valence-corrected chi connectivity index (χ0v) is 10.3. The Morgan fingerprint density at radius 1 is 1.44 bits per heavy atom. The monoisotopic (exact) mass is 244 g/mol. The summed E-state index contributed by atoms with van der Waals surface area (Å²) in [6, 6.07) is 9.94. The van der Waals surface area contributed by atoms with Crippen molar-refractivity contribution in [2.45, 2.75) is 26.0 Å². The van der Waals surface area contributed by atoms with E-state index >= 15 is 0 Å². The van der Waals surface area contributed by atoms with Gasteiger partial charge in [0.2, 0.25) is 0 Å². The van der Waals surface area contributed by atoms with Gasteiger partial charge in [-0.15, -0.1) is 0 Å². The molecule has 18 heavy (non-hydrogen) atoms. The van der Waals surface area contributed by atoms with Crippen LogP contribution >= 0.6 is 0 Å². The molecular weight excluding hydrogens is 228 g/mol. The highest BCUT2D eigenvalue weighted by atomic mass is 16.5. The first kappa shape index (κ1) is 11.3. The van der Waals surface area contributed by atoms with Crippen molar-refractivity contribution >= 4 is 5.69 Å². The van der Waals surface area contributed by atoms with Crippen molar-refractivity contribution < 1.29 is 9.63 Å². The van der Waals surface area contributed by atoms with Gasteiger partial charge >= 0.3 is 0 Å². The number of anilines is 1. The molecule has 1 N–H and O–H groups in total. The summed E-state index contributed by atoms with van der Waals surface area (Å²) >= 11 is 0. The third-order valence-electron chi connectivity index (χ3n) is 3.33. The van der Waals surface area contributed by atoms with E-state index in [2.05, 4.69) is 10.1 Å². The van der Waals surface area contributed by atoms with Gasteiger partial charge in [0.1, 0.15) is 0 Å². The van der Waals surface area contributed by atoms with E-state index in [1.165, 1.54) is 0 Å². The zero-order chi connectivity index (χ0) is 12.5. The van der Waals surface area contributed by atoms with Crippen LogP contribution in [-0.4, -0.2) is 16.8 Å². The summed E-state index contributed by atoms with van der Waals surface area (Å²) in [5, 5.41) is 13.9. The van der Waals surface area contributed by atoms with Gasteiger partial charge in [-0.2, -0.15) is 0 Å². The van der Waals surface area contributed by atoms with Crippen molar-refractivity contribution in [2.75, 3.05) is 11.4 Å². The van der Waals surface area contributed by atoms with E-state index in [0.29, 0.717) is 6.54 Å². The van der Waals surface area contributed by atoms with Crippen LogP contribution in [0.3, 0.4) is 0 Å². The fourth-order valence-electron chi connectivity index (χ4n) is 2.45. The molecule has 94 valence electrons. The average Bonchev–Trinajstić information content (AvgIpc) is 2.79. The van der Waals surface area contributed by atoms with Gasteiger partial charge in [-0.05, 0) is 19.4 Å². The third kappa shape index (κ3) is 1.99. The van der Waals surface area contributed by atoms with Gasteiger partial charge in [-0.25, -0.2) is 0 Å². The minimum absolute atomic E-state index is 0.353. The van der Waals surface area contributed by atoms with Crippen molar-refractivity contribution in [1.82, 2.24) is 5.16 Å². The molecule has 1 aromatic heterocycles. The number of rotatable bonds is 2. The highest BCUT2D eigenvalue weighted by molar-refractivity contribution is 5.56. The minimum atomic E-state index is -0.353. The van der Waals surface area contributed by atoms with Crippen molar-refractivity contribution in [3.05, 3.63) is 47.3 Å². The lowest BCUT2D eigenvalue weighted by atomic mass is 9.99. The second-order valence-electron chi connectivity index (χ2n) is 4.72. The molecule has 0 fully saturated rings. The predicted octanol–water partition coefficient (Wildman–Crippen LogP) is 2.43. The number of para-hydroxylation sites is 1. The number of aryl methyl sites for hydroxylation is 1. The van der Waals surface area contributed by atoms with Crippen LogP contribution in [0.25, 0.3) is 0 Å². The number of aliphatic hydroxyl groups is 1. The number of hydrogen-bond acceptors (Lipinski definition) is 4. The Morgan fingerprint density at radius 2 is 2.28 bits per heavy atom. The van der Waals surface area contributed by atoms with Crippen molar-refractivity contribution in [1.29, 1.82) is 0 Å². The van der Waals surface area contributed by atoms with E-state index in [0.717, 1.165) is 35.7 Å². The number of benzene rings is 1. The molecular formula is C14H16N2O2. The van der Waals surface area contributed by atoms with Crippen molar-refractivity contribution in [2.24, 2.45) is 0 Å². The highest BCUT2D eigenvalue weighted by Gasteiger charge is 2.23. The quantitative estimate of drug-likeness (QED) is 0.881. The van der Waals surface area contributed by atoms with E-state index in [4.69, 9.17) is 4.52 Å². The van der Waals surface area contributed by atoms with E-state index in [9.17, 15) is 5.11 Å². The molecule has 4 heteroatoms. The molecule has 0 bridgehead atoms. The Labute approximate surface area is 106 Å². The molecule has 1 aliphatic rings. The van der Waals surface area contributed by atoms with Crippen LogP contribution in [0, 0.1) is 6.92 Å². The van der Waals surface area contributed by atoms with Crippen molar-refractivity contribution in [3.63, 3.8) is 0 Å². The largest absolute Gasteiger partial charge is 0.388 e. The van der Waals surface area contributed by atoms with Gasteiger partial charge in [0.25, 0.3) is 0 Å².